The third kappa shape index (κ3) is 5.99. The Kier molecular flexibility index (Phi) is 6.86. The Morgan fingerprint density at radius 3 is 2.25 bits per heavy atom. The summed E-state index contributed by atoms with van der Waals surface area (Å²) in [5, 5.41) is 8.09. The van der Waals surface area contributed by atoms with Crippen molar-refractivity contribution in [3.05, 3.63) is 60.2 Å². The molecule has 2 aromatic carbocycles. The molecule has 0 aliphatic carbocycles. The second-order valence-electron chi connectivity index (χ2n) is 6.91. The molecule has 0 unspecified atom stereocenters. The number of benzene rings is 2. The third-order valence-corrected chi connectivity index (χ3v) is 4.72. The topological polar surface area (TPSA) is 76.7 Å². The molecule has 1 aliphatic heterocycles. The van der Waals surface area contributed by atoms with Crippen LogP contribution in [0.2, 0.25) is 0 Å². The average molecular weight is 381 g/mol. The zero-order valence-electron chi connectivity index (χ0n) is 16.1. The summed E-state index contributed by atoms with van der Waals surface area (Å²) in [5.74, 6) is -0.262. The van der Waals surface area contributed by atoms with Gasteiger partial charge in [0, 0.05) is 44.1 Å². The normalized spacial score (nSPS) is 14.4. The van der Waals surface area contributed by atoms with Gasteiger partial charge in [0.15, 0.2) is 0 Å². The molecule has 0 spiro atoms. The van der Waals surface area contributed by atoms with E-state index in [2.05, 4.69) is 32.8 Å². The summed E-state index contributed by atoms with van der Waals surface area (Å²) in [7, 11) is 2.13. The van der Waals surface area contributed by atoms with Crippen LogP contribution in [-0.2, 0) is 11.3 Å². The molecule has 7 heteroatoms. The molecule has 7 nitrogen and oxygen atoms in total. The summed E-state index contributed by atoms with van der Waals surface area (Å²) in [6.07, 6.45) is 0. The van der Waals surface area contributed by atoms with E-state index < -0.39 is 0 Å². The molecule has 3 amide bonds. The fraction of sp³-hybridized carbons (Fsp3) is 0.333. The highest BCUT2D eigenvalue weighted by Gasteiger charge is 2.14. The maximum Gasteiger partial charge on any atom is 0.315 e. The molecule has 0 aromatic heterocycles. The van der Waals surface area contributed by atoms with Crippen LogP contribution < -0.4 is 20.9 Å². The lowest BCUT2D eigenvalue weighted by Crippen LogP contribution is -2.44. The largest absolute Gasteiger partial charge is 0.369 e. The molecule has 0 bridgehead atoms. The Bertz CT molecular complexity index is 771. The quantitative estimate of drug-likeness (QED) is 0.714. The highest BCUT2D eigenvalue weighted by atomic mass is 16.2. The molecule has 3 N–H and O–H groups in total. The van der Waals surface area contributed by atoms with Gasteiger partial charge in [-0.25, -0.2) is 4.79 Å². The SMILES string of the molecule is CN1CCN(c2ccc(NC(=O)CNC(=O)NCc3ccccc3)cc2)CC1. The van der Waals surface area contributed by atoms with Crippen LogP contribution in [0.3, 0.4) is 0 Å². The van der Waals surface area contributed by atoms with Crippen molar-refractivity contribution < 1.29 is 9.59 Å². The van der Waals surface area contributed by atoms with Crippen LogP contribution in [0.25, 0.3) is 0 Å². The van der Waals surface area contributed by atoms with Crippen LogP contribution in [0.5, 0.6) is 0 Å². The summed E-state index contributed by atoms with van der Waals surface area (Å²) < 4.78 is 0. The van der Waals surface area contributed by atoms with E-state index in [9.17, 15) is 9.59 Å². The maximum atomic E-state index is 12.0. The van der Waals surface area contributed by atoms with E-state index in [1.54, 1.807) is 0 Å². The van der Waals surface area contributed by atoms with Crippen molar-refractivity contribution >= 4 is 23.3 Å². The second-order valence-corrected chi connectivity index (χ2v) is 6.91. The van der Waals surface area contributed by atoms with Gasteiger partial charge in [-0.1, -0.05) is 30.3 Å². The van der Waals surface area contributed by atoms with Crippen molar-refractivity contribution in [2.45, 2.75) is 6.54 Å². The lowest BCUT2D eigenvalue weighted by Gasteiger charge is -2.34. The first-order valence-corrected chi connectivity index (χ1v) is 9.49. The predicted octanol–water partition coefficient (Wildman–Crippen LogP) is 1.88. The zero-order chi connectivity index (χ0) is 19.8. The minimum atomic E-state index is -0.371. The average Bonchev–Trinajstić information content (AvgIpc) is 2.73. The van der Waals surface area contributed by atoms with Crippen molar-refractivity contribution in [2.24, 2.45) is 0 Å². The molecule has 28 heavy (non-hydrogen) atoms. The van der Waals surface area contributed by atoms with Gasteiger partial charge in [-0.15, -0.1) is 0 Å². The summed E-state index contributed by atoms with van der Waals surface area (Å²) in [6, 6.07) is 17.0. The highest BCUT2D eigenvalue weighted by Crippen LogP contribution is 2.19. The number of carbonyl (C=O) groups excluding carboxylic acids is 2. The third-order valence-electron chi connectivity index (χ3n) is 4.72. The number of hydrogen-bond donors (Lipinski definition) is 3. The zero-order valence-corrected chi connectivity index (χ0v) is 16.1. The fourth-order valence-corrected chi connectivity index (χ4v) is 3.03. The van der Waals surface area contributed by atoms with Crippen LogP contribution in [0.15, 0.2) is 54.6 Å². The van der Waals surface area contributed by atoms with Gasteiger partial charge in [0.05, 0.1) is 6.54 Å². The smallest absolute Gasteiger partial charge is 0.315 e. The lowest BCUT2D eigenvalue weighted by molar-refractivity contribution is -0.115. The standard InChI is InChI=1S/C21H27N5O2/c1-25-11-13-26(14-12-25)19-9-7-18(8-10-19)24-20(27)16-23-21(28)22-15-17-5-3-2-4-6-17/h2-10H,11-16H2,1H3,(H,24,27)(H2,22,23,28). The van der Waals surface area contributed by atoms with Crippen LogP contribution in [-0.4, -0.2) is 56.6 Å². The Hall–Kier alpha value is -3.06. The number of anilines is 2. The molecule has 0 radical (unpaired) electrons. The molecule has 2 aromatic rings. The Balaban J connectivity index is 1.39. The number of likely N-dealkylation sites (N-methyl/N-ethyl adjacent to an activating group) is 1. The lowest BCUT2D eigenvalue weighted by atomic mass is 10.2. The van der Waals surface area contributed by atoms with Gasteiger partial charge in [-0.3, -0.25) is 4.79 Å². The number of hydrogen-bond acceptors (Lipinski definition) is 4. The van der Waals surface area contributed by atoms with Gasteiger partial charge in [-0.05, 0) is 36.9 Å². The van der Waals surface area contributed by atoms with E-state index in [1.807, 2.05) is 54.6 Å². The van der Waals surface area contributed by atoms with Gasteiger partial charge >= 0.3 is 6.03 Å². The summed E-state index contributed by atoms with van der Waals surface area (Å²) in [6.45, 7) is 4.45. The minimum absolute atomic E-state index is 0.0825. The number of urea groups is 1. The van der Waals surface area contributed by atoms with Crippen LogP contribution >= 0.6 is 0 Å². The number of carbonyl (C=O) groups is 2. The van der Waals surface area contributed by atoms with Gasteiger partial charge < -0.3 is 25.8 Å². The van der Waals surface area contributed by atoms with Crippen LogP contribution in [0.1, 0.15) is 5.56 Å². The van der Waals surface area contributed by atoms with Crippen molar-refractivity contribution in [1.82, 2.24) is 15.5 Å². The van der Waals surface area contributed by atoms with E-state index in [0.29, 0.717) is 6.54 Å². The number of nitrogens with zero attached hydrogens (tertiary/aromatic N) is 2. The highest BCUT2D eigenvalue weighted by molar-refractivity contribution is 5.94. The van der Waals surface area contributed by atoms with E-state index in [0.717, 1.165) is 43.1 Å². The van der Waals surface area contributed by atoms with Crippen LogP contribution in [0, 0.1) is 0 Å². The molecule has 148 valence electrons. The summed E-state index contributed by atoms with van der Waals surface area (Å²) >= 11 is 0. The van der Waals surface area contributed by atoms with Gasteiger partial charge in [0.2, 0.25) is 5.91 Å². The fourth-order valence-electron chi connectivity index (χ4n) is 3.03. The van der Waals surface area contributed by atoms with E-state index in [4.69, 9.17) is 0 Å². The molecular formula is C21H27N5O2. The van der Waals surface area contributed by atoms with E-state index >= 15 is 0 Å². The Labute approximate surface area is 165 Å². The van der Waals surface area contributed by atoms with Gasteiger partial charge in [-0.2, -0.15) is 0 Å². The van der Waals surface area contributed by atoms with Crippen molar-refractivity contribution in [3.63, 3.8) is 0 Å². The molecule has 1 aliphatic rings. The Morgan fingerprint density at radius 2 is 1.57 bits per heavy atom. The van der Waals surface area contributed by atoms with Crippen LogP contribution in [0.4, 0.5) is 16.2 Å². The number of rotatable bonds is 6. The van der Waals surface area contributed by atoms with Crippen molar-refractivity contribution in [2.75, 3.05) is 50.0 Å². The maximum absolute atomic E-state index is 12.0. The number of piperazine rings is 1. The molecule has 1 saturated heterocycles. The first-order valence-electron chi connectivity index (χ1n) is 9.49. The molecule has 1 fully saturated rings. The minimum Gasteiger partial charge on any atom is -0.369 e. The van der Waals surface area contributed by atoms with Gasteiger partial charge in [0.1, 0.15) is 0 Å². The second kappa shape index (κ2) is 9.75. The number of amides is 3. The Morgan fingerprint density at radius 1 is 0.893 bits per heavy atom. The van der Waals surface area contributed by atoms with Crippen molar-refractivity contribution in [3.8, 4) is 0 Å². The first-order chi connectivity index (χ1) is 13.6. The molecule has 0 saturated carbocycles. The van der Waals surface area contributed by atoms with E-state index in [-0.39, 0.29) is 18.5 Å². The summed E-state index contributed by atoms with van der Waals surface area (Å²) in [5.41, 5.74) is 2.88. The number of nitrogens with one attached hydrogen (secondary N) is 3. The molecule has 3 rings (SSSR count). The van der Waals surface area contributed by atoms with Gasteiger partial charge in [0.25, 0.3) is 0 Å². The molecular weight excluding hydrogens is 354 g/mol. The van der Waals surface area contributed by atoms with E-state index in [1.165, 1.54) is 0 Å². The predicted molar refractivity (Wildman–Crippen MR) is 111 cm³/mol. The first kappa shape index (κ1) is 19.7. The summed E-state index contributed by atoms with van der Waals surface area (Å²) in [4.78, 5) is 28.5. The molecule has 0 atom stereocenters. The van der Waals surface area contributed by atoms with Crippen molar-refractivity contribution in [1.29, 1.82) is 0 Å². The monoisotopic (exact) mass is 381 g/mol. The molecule has 1 heterocycles.